The summed E-state index contributed by atoms with van der Waals surface area (Å²) in [6.45, 7) is 1.22. The predicted octanol–water partition coefficient (Wildman–Crippen LogP) is 2.71. The lowest BCUT2D eigenvalue weighted by Gasteiger charge is -2.32. The number of para-hydroxylation sites is 1. The maximum atomic E-state index is 12.8. The molecule has 10 heteroatoms. The van der Waals surface area contributed by atoms with E-state index in [-0.39, 0.29) is 36.4 Å². The van der Waals surface area contributed by atoms with E-state index in [0.29, 0.717) is 36.7 Å². The average molecular weight is 476 g/mol. The Morgan fingerprint density at radius 1 is 1.15 bits per heavy atom. The van der Waals surface area contributed by atoms with E-state index >= 15 is 0 Å². The minimum Gasteiger partial charge on any atom is -0.495 e. The Kier molecular flexibility index (Phi) is 8.16. The molecule has 2 aromatic carbocycles. The van der Waals surface area contributed by atoms with E-state index < -0.39 is 10.0 Å². The summed E-state index contributed by atoms with van der Waals surface area (Å²) in [6.07, 6.45) is 2.67. The van der Waals surface area contributed by atoms with Gasteiger partial charge in [-0.15, -0.1) is 0 Å². The second kappa shape index (κ2) is 11.0. The number of carbonyl (C=O) groups excluding carboxylic acids is 2. The van der Waals surface area contributed by atoms with Gasteiger partial charge in [0.15, 0.2) is 0 Å². The highest BCUT2D eigenvalue weighted by molar-refractivity contribution is 7.92. The Morgan fingerprint density at radius 2 is 1.91 bits per heavy atom. The van der Waals surface area contributed by atoms with Gasteiger partial charge in [0.25, 0.3) is 0 Å². The number of benzene rings is 2. The van der Waals surface area contributed by atoms with Crippen molar-refractivity contribution in [3.8, 4) is 11.5 Å². The summed E-state index contributed by atoms with van der Waals surface area (Å²) in [6, 6.07) is 14.0. The van der Waals surface area contributed by atoms with Gasteiger partial charge in [0.1, 0.15) is 11.5 Å². The standard InChI is InChI=1S/C23H29N3O6S/c1-31-21-11-10-18(15-20(21)25-33(2,29)30)24-23(28)17-7-6-13-26(16-17)22(27)12-14-32-19-8-4-3-5-9-19/h3-5,8-11,15,17,25H,6-7,12-14,16H2,1-2H3,(H,24,28). The van der Waals surface area contributed by atoms with Crippen LogP contribution >= 0.6 is 0 Å². The first-order valence-electron chi connectivity index (χ1n) is 10.7. The van der Waals surface area contributed by atoms with E-state index in [1.807, 2.05) is 30.3 Å². The summed E-state index contributed by atoms with van der Waals surface area (Å²) in [5.74, 6) is 0.429. The number of likely N-dealkylation sites (tertiary alicyclic amines) is 1. The molecule has 1 aliphatic heterocycles. The van der Waals surface area contributed by atoms with Gasteiger partial charge in [0, 0.05) is 18.8 Å². The quantitative estimate of drug-likeness (QED) is 0.576. The zero-order valence-corrected chi connectivity index (χ0v) is 19.6. The van der Waals surface area contributed by atoms with E-state index in [4.69, 9.17) is 9.47 Å². The molecule has 2 N–H and O–H groups in total. The number of ether oxygens (including phenoxy) is 2. The molecule has 9 nitrogen and oxygen atoms in total. The molecule has 0 bridgehead atoms. The average Bonchev–Trinajstić information content (AvgIpc) is 2.79. The number of rotatable bonds is 9. The number of hydrogen-bond acceptors (Lipinski definition) is 6. The van der Waals surface area contributed by atoms with E-state index in [9.17, 15) is 18.0 Å². The van der Waals surface area contributed by atoms with Crippen LogP contribution in [0.1, 0.15) is 19.3 Å². The van der Waals surface area contributed by atoms with Crippen LogP contribution in [0.3, 0.4) is 0 Å². The number of sulfonamides is 1. The molecule has 33 heavy (non-hydrogen) atoms. The molecule has 2 amide bonds. The molecule has 0 aliphatic carbocycles. The first-order chi connectivity index (χ1) is 15.7. The van der Waals surface area contributed by atoms with Crippen molar-refractivity contribution in [1.29, 1.82) is 0 Å². The van der Waals surface area contributed by atoms with Crippen LogP contribution in [-0.4, -0.2) is 58.2 Å². The Balaban J connectivity index is 1.55. The minimum atomic E-state index is -3.51. The van der Waals surface area contributed by atoms with Crippen LogP contribution in [0, 0.1) is 5.92 Å². The van der Waals surface area contributed by atoms with Crippen molar-refractivity contribution in [2.45, 2.75) is 19.3 Å². The largest absolute Gasteiger partial charge is 0.495 e. The maximum Gasteiger partial charge on any atom is 0.229 e. The van der Waals surface area contributed by atoms with Crippen molar-refractivity contribution in [2.24, 2.45) is 5.92 Å². The molecule has 2 aromatic rings. The molecule has 1 aliphatic rings. The fraction of sp³-hybridized carbons (Fsp3) is 0.391. The van der Waals surface area contributed by atoms with Gasteiger partial charge >= 0.3 is 0 Å². The topological polar surface area (TPSA) is 114 Å². The monoisotopic (exact) mass is 475 g/mol. The first-order valence-corrected chi connectivity index (χ1v) is 12.6. The van der Waals surface area contributed by atoms with Crippen molar-refractivity contribution >= 4 is 33.2 Å². The summed E-state index contributed by atoms with van der Waals surface area (Å²) in [7, 11) is -2.08. The zero-order chi connectivity index (χ0) is 23.8. The molecule has 1 saturated heterocycles. The highest BCUT2D eigenvalue weighted by Gasteiger charge is 2.28. The van der Waals surface area contributed by atoms with Crippen LogP contribution in [0.25, 0.3) is 0 Å². The SMILES string of the molecule is COc1ccc(NC(=O)C2CCCN(C(=O)CCOc3ccccc3)C2)cc1NS(C)(=O)=O. The lowest BCUT2D eigenvalue weighted by molar-refractivity contribution is -0.135. The highest BCUT2D eigenvalue weighted by Crippen LogP contribution is 2.29. The number of carbonyl (C=O) groups is 2. The molecule has 0 aromatic heterocycles. The summed E-state index contributed by atoms with van der Waals surface area (Å²) < 4.78 is 36.4. The summed E-state index contributed by atoms with van der Waals surface area (Å²) in [4.78, 5) is 27.1. The van der Waals surface area contributed by atoms with E-state index in [1.165, 1.54) is 13.2 Å². The van der Waals surface area contributed by atoms with Gasteiger partial charge in [0.2, 0.25) is 21.8 Å². The van der Waals surface area contributed by atoms with Crippen LogP contribution in [0.15, 0.2) is 48.5 Å². The van der Waals surface area contributed by atoms with E-state index in [0.717, 1.165) is 12.7 Å². The molecule has 3 rings (SSSR count). The van der Waals surface area contributed by atoms with E-state index in [2.05, 4.69) is 10.0 Å². The number of nitrogens with one attached hydrogen (secondary N) is 2. The maximum absolute atomic E-state index is 12.8. The van der Waals surface area contributed by atoms with Crippen molar-refractivity contribution in [3.05, 3.63) is 48.5 Å². The van der Waals surface area contributed by atoms with E-state index in [1.54, 1.807) is 17.0 Å². The van der Waals surface area contributed by atoms with Gasteiger partial charge in [-0.2, -0.15) is 0 Å². The van der Waals surface area contributed by atoms with Crippen molar-refractivity contribution in [1.82, 2.24) is 4.90 Å². The van der Waals surface area contributed by atoms with Crippen LogP contribution in [0.5, 0.6) is 11.5 Å². The molecule has 1 atom stereocenters. The number of nitrogens with zero attached hydrogens (tertiary/aromatic N) is 1. The summed E-state index contributed by atoms with van der Waals surface area (Å²) in [5, 5.41) is 2.82. The van der Waals surface area contributed by atoms with Gasteiger partial charge in [0.05, 0.1) is 38.0 Å². The third-order valence-electron chi connectivity index (χ3n) is 5.24. The molecule has 0 saturated carbocycles. The number of piperidine rings is 1. The molecule has 1 unspecified atom stereocenters. The summed E-state index contributed by atoms with van der Waals surface area (Å²) >= 11 is 0. The number of methoxy groups -OCH3 is 1. The molecule has 1 heterocycles. The Bertz CT molecular complexity index is 1070. The third kappa shape index (κ3) is 7.38. The molecular formula is C23H29N3O6S. The van der Waals surface area contributed by atoms with Gasteiger partial charge in [-0.3, -0.25) is 14.3 Å². The first kappa shape index (κ1) is 24.4. The Hall–Kier alpha value is -3.27. The van der Waals surface area contributed by atoms with Gasteiger partial charge < -0.3 is 19.7 Å². The number of hydrogen-bond donors (Lipinski definition) is 2. The molecular weight excluding hydrogens is 446 g/mol. The smallest absolute Gasteiger partial charge is 0.229 e. The molecule has 1 fully saturated rings. The number of amides is 2. The lowest BCUT2D eigenvalue weighted by atomic mass is 9.96. The Labute approximate surface area is 194 Å². The number of anilines is 2. The second-order valence-corrected chi connectivity index (χ2v) is 9.62. The predicted molar refractivity (Wildman–Crippen MR) is 126 cm³/mol. The van der Waals surface area contributed by atoms with Crippen LogP contribution in [-0.2, 0) is 19.6 Å². The highest BCUT2D eigenvalue weighted by atomic mass is 32.2. The van der Waals surface area contributed by atoms with Gasteiger partial charge in [-0.1, -0.05) is 18.2 Å². The van der Waals surface area contributed by atoms with Crippen molar-refractivity contribution in [3.63, 3.8) is 0 Å². The van der Waals surface area contributed by atoms with Crippen molar-refractivity contribution < 1.29 is 27.5 Å². The molecule has 0 radical (unpaired) electrons. The third-order valence-corrected chi connectivity index (χ3v) is 5.83. The van der Waals surface area contributed by atoms with Gasteiger partial charge in [-0.25, -0.2) is 8.42 Å². The fourth-order valence-corrected chi connectivity index (χ4v) is 4.22. The van der Waals surface area contributed by atoms with Gasteiger partial charge in [-0.05, 0) is 43.2 Å². The van der Waals surface area contributed by atoms with Crippen LogP contribution in [0.4, 0.5) is 11.4 Å². The summed E-state index contributed by atoms with van der Waals surface area (Å²) in [5.41, 5.74) is 0.670. The normalized spacial score (nSPS) is 16.1. The van der Waals surface area contributed by atoms with Crippen molar-refractivity contribution in [2.75, 3.05) is 43.1 Å². The molecule has 0 spiro atoms. The van der Waals surface area contributed by atoms with Crippen LogP contribution < -0.4 is 19.5 Å². The Morgan fingerprint density at radius 3 is 2.61 bits per heavy atom. The minimum absolute atomic E-state index is 0.0486. The lowest BCUT2D eigenvalue weighted by Crippen LogP contribution is -2.44. The zero-order valence-electron chi connectivity index (χ0n) is 18.7. The van der Waals surface area contributed by atoms with Crippen LogP contribution in [0.2, 0.25) is 0 Å². The fourth-order valence-electron chi connectivity index (χ4n) is 3.66. The second-order valence-electron chi connectivity index (χ2n) is 7.87. The molecule has 178 valence electrons.